The molecule has 2 aromatic heterocycles. The number of H-pyrrole nitrogens is 1. The van der Waals surface area contributed by atoms with Crippen LogP contribution in [0.15, 0.2) is 67.0 Å². The lowest BCUT2D eigenvalue weighted by molar-refractivity contribution is -0.137. The number of carbonyl (C=O) groups excluding carboxylic acids is 1. The summed E-state index contributed by atoms with van der Waals surface area (Å²) in [5, 5.41) is 2.69. The average molecular weight is 396 g/mol. The Balaban J connectivity index is 1.47. The molecule has 29 heavy (non-hydrogen) atoms. The van der Waals surface area contributed by atoms with Crippen molar-refractivity contribution in [1.29, 1.82) is 0 Å². The van der Waals surface area contributed by atoms with Crippen LogP contribution in [0, 0.1) is 0 Å². The number of amides is 1. The second kappa shape index (κ2) is 7.38. The van der Waals surface area contributed by atoms with E-state index in [-0.39, 0.29) is 11.3 Å². The molecule has 0 saturated carbocycles. The molecule has 0 radical (unpaired) electrons. The molecule has 0 aliphatic rings. The van der Waals surface area contributed by atoms with Crippen molar-refractivity contribution in [3.63, 3.8) is 0 Å². The Labute approximate surface area is 163 Å². The van der Waals surface area contributed by atoms with Gasteiger partial charge in [-0.05, 0) is 60.0 Å². The van der Waals surface area contributed by atoms with Gasteiger partial charge in [-0.1, -0.05) is 12.1 Å². The second-order valence-electron chi connectivity index (χ2n) is 6.50. The molecule has 0 bridgehead atoms. The average Bonchev–Trinajstić information content (AvgIpc) is 3.13. The Bertz CT molecular complexity index is 1150. The predicted octanol–water partition coefficient (Wildman–Crippen LogP) is 4.82. The van der Waals surface area contributed by atoms with Gasteiger partial charge in [-0.25, -0.2) is 4.98 Å². The number of aromatic nitrogens is 3. The number of rotatable bonds is 4. The fourth-order valence-corrected chi connectivity index (χ4v) is 2.92. The van der Waals surface area contributed by atoms with Crippen molar-refractivity contribution in [3.05, 3.63) is 89.5 Å². The summed E-state index contributed by atoms with van der Waals surface area (Å²) in [5.74, 6) is -0.586. The summed E-state index contributed by atoms with van der Waals surface area (Å²) < 4.78 is 38.5. The number of nitrogens with one attached hydrogen (secondary N) is 2. The smallest absolute Gasteiger partial charge is 0.334 e. The number of hydrogen-bond donors (Lipinski definition) is 2. The van der Waals surface area contributed by atoms with Gasteiger partial charge < -0.3 is 10.3 Å². The Morgan fingerprint density at radius 1 is 0.966 bits per heavy atom. The van der Waals surface area contributed by atoms with Crippen molar-refractivity contribution < 1.29 is 18.0 Å². The molecule has 0 atom stereocenters. The normalized spacial score (nSPS) is 11.6. The van der Waals surface area contributed by atoms with Crippen molar-refractivity contribution in [2.45, 2.75) is 12.6 Å². The fourth-order valence-electron chi connectivity index (χ4n) is 2.92. The number of halogens is 3. The summed E-state index contributed by atoms with van der Waals surface area (Å²) in [6, 6.07) is 14.3. The minimum Gasteiger partial charge on any atom is -0.334 e. The van der Waals surface area contributed by atoms with E-state index in [1.54, 1.807) is 24.5 Å². The third-order valence-corrected chi connectivity index (χ3v) is 4.39. The highest BCUT2D eigenvalue weighted by atomic mass is 19.4. The van der Waals surface area contributed by atoms with E-state index in [1.165, 1.54) is 6.07 Å². The van der Waals surface area contributed by atoms with Crippen LogP contribution in [-0.2, 0) is 12.6 Å². The quantitative estimate of drug-likeness (QED) is 0.520. The van der Waals surface area contributed by atoms with E-state index < -0.39 is 17.6 Å². The molecule has 0 aliphatic heterocycles. The lowest BCUT2D eigenvalue weighted by Gasteiger charge is -2.05. The molecule has 146 valence electrons. The zero-order chi connectivity index (χ0) is 20.4. The molecular weight excluding hydrogens is 381 g/mol. The predicted molar refractivity (Wildman–Crippen MR) is 103 cm³/mol. The van der Waals surface area contributed by atoms with Crippen LogP contribution in [0.4, 0.5) is 18.9 Å². The number of nitrogens with zero attached hydrogens (tertiary/aromatic N) is 2. The molecule has 1 amide bonds. The van der Waals surface area contributed by atoms with E-state index >= 15 is 0 Å². The van der Waals surface area contributed by atoms with Crippen LogP contribution in [0.3, 0.4) is 0 Å². The van der Waals surface area contributed by atoms with Gasteiger partial charge in [-0.2, -0.15) is 13.2 Å². The third kappa shape index (κ3) is 4.26. The number of aromatic amines is 1. The monoisotopic (exact) mass is 396 g/mol. The van der Waals surface area contributed by atoms with Gasteiger partial charge in [-0.15, -0.1) is 0 Å². The molecule has 2 heterocycles. The molecule has 5 nitrogen and oxygen atoms in total. The zero-order valence-corrected chi connectivity index (χ0v) is 15.0. The molecule has 4 aromatic rings. The first-order valence-electron chi connectivity index (χ1n) is 8.75. The number of alkyl halides is 3. The highest BCUT2D eigenvalue weighted by Gasteiger charge is 2.30. The van der Waals surface area contributed by atoms with Gasteiger partial charge in [0.2, 0.25) is 0 Å². The number of anilines is 1. The summed E-state index contributed by atoms with van der Waals surface area (Å²) >= 11 is 0. The number of carbonyl (C=O) groups is 1. The topological polar surface area (TPSA) is 70.7 Å². The molecule has 0 aliphatic carbocycles. The SMILES string of the molecule is O=C(Nc1ccc(Cc2ccncc2)cc1)c1nc2cc(C(F)(F)F)ccc2[nH]1. The Hall–Kier alpha value is -3.68. The summed E-state index contributed by atoms with van der Waals surface area (Å²) in [4.78, 5) is 23.1. The maximum atomic E-state index is 12.8. The van der Waals surface area contributed by atoms with Crippen LogP contribution in [0.2, 0.25) is 0 Å². The summed E-state index contributed by atoms with van der Waals surface area (Å²) in [6.07, 6.45) is -0.265. The van der Waals surface area contributed by atoms with Crippen molar-refractivity contribution in [1.82, 2.24) is 15.0 Å². The van der Waals surface area contributed by atoms with Crippen LogP contribution < -0.4 is 5.32 Å². The summed E-state index contributed by atoms with van der Waals surface area (Å²) in [6.45, 7) is 0. The molecule has 0 fully saturated rings. The number of fused-ring (bicyclic) bond motifs is 1. The summed E-state index contributed by atoms with van der Waals surface area (Å²) in [7, 11) is 0. The molecule has 0 spiro atoms. The third-order valence-electron chi connectivity index (χ3n) is 4.39. The zero-order valence-electron chi connectivity index (χ0n) is 15.0. The van der Waals surface area contributed by atoms with Crippen LogP contribution in [0.5, 0.6) is 0 Å². The van der Waals surface area contributed by atoms with E-state index in [1.807, 2.05) is 24.3 Å². The molecule has 0 saturated heterocycles. The second-order valence-corrected chi connectivity index (χ2v) is 6.50. The van der Waals surface area contributed by atoms with E-state index in [2.05, 4.69) is 20.3 Å². The molecule has 0 unspecified atom stereocenters. The van der Waals surface area contributed by atoms with Crippen LogP contribution in [-0.4, -0.2) is 20.9 Å². The number of hydrogen-bond acceptors (Lipinski definition) is 3. The van der Waals surface area contributed by atoms with Crippen LogP contribution in [0.25, 0.3) is 11.0 Å². The fraction of sp³-hybridized carbons (Fsp3) is 0.0952. The van der Waals surface area contributed by atoms with Gasteiger partial charge in [0.25, 0.3) is 5.91 Å². The maximum absolute atomic E-state index is 12.8. The Morgan fingerprint density at radius 2 is 1.66 bits per heavy atom. The molecule has 2 N–H and O–H groups in total. The lowest BCUT2D eigenvalue weighted by atomic mass is 10.1. The van der Waals surface area contributed by atoms with Crippen molar-refractivity contribution in [2.75, 3.05) is 5.32 Å². The Morgan fingerprint density at radius 3 is 2.34 bits per heavy atom. The van der Waals surface area contributed by atoms with Crippen LogP contribution >= 0.6 is 0 Å². The van der Waals surface area contributed by atoms with Crippen molar-refractivity contribution in [3.8, 4) is 0 Å². The number of imidazole rings is 1. The first-order valence-corrected chi connectivity index (χ1v) is 8.75. The summed E-state index contributed by atoms with van der Waals surface area (Å²) in [5.41, 5.74) is 2.38. The van der Waals surface area contributed by atoms with Gasteiger partial charge in [0.05, 0.1) is 16.6 Å². The first kappa shape index (κ1) is 18.7. The minimum atomic E-state index is -4.46. The van der Waals surface area contributed by atoms with Gasteiger partial charge >= 0.3 is 6.18 Å². The van der Waals surface area contributed by atoms with Gasteiger partial charge in [0.15, 0.2) is 5.82 Å². The molecule has 4 rings (SSSR count). The van der Waals surface area contributed by atoms with E-state index in [0.717, 1.165) is 29.7 Å². The molecular formula is C21H15F3N4O. The van der Waals surface area contributed by atoms with Gasteiger partial charge in [-0.3, -0.25) is 9.78 Å². The largest absolute Gasteiger partial charge is 0.416 e. The Kier molecular flexibility index (Phi) is 4.75. The highest BCUT2D eigenvalue weighted by molar-refractivity contribution is 6.03. The maximum Gasteiger partial charge on any atom is 0.416 e. The van der Waals surface area contributed by atoms with E-state index in [9.17, 15) is 18.0 Å². The highest BCUT2D eigenvalue weighted by Crippen LogP contribution is 2.30. The van der Waals surface area contributed by atoms with Crippen LogP contribution in [0.1, 0.15) is 27.3 Å². The lowest BCUT2D eigenvalue weighted by Crippen LogP contribution is -2.13. The van der Waals surface area contributed by atoms with Crippen molar-refractivity contribution >= 4 is 22.6 Å². The van der Waals surface area contributed by atoms with Crippen molar-refractivity contribution in [2.24, 2.45) is 0 Å². The molecule has 8 heteroatoms. The minimum absolute atomic E-state index is 0.0554. The standard InChI is InChI=1S/C21H15F3N4O/c22-21(23,24)15-3-6-17-18(12-15)28-19(27-17)20(29)26-16-4-1-13(2-5-16)11-14-7-9-25-10-8-14/h1-10,12H,11H2,(H,26,29)(H,27,28). The molecule has 2 aromatic carbocycles. The van der Waals surface area contributed by atoms with E-state index in [0.29, 0.717) is 11.2 Å². The van der Waals surface area contributed by atoms with Gasteiger partial charge in [0, 0.05) is 18.1 Å². The first-order chi connectivity index (χ1) is 13.9. The number of pyridine rings is 1. The van der Waals surface area contributed by atoms with Gasteiger partial charge in [0.1, 0.15) is 0 Å². The number of benzene rings is 2. The van der Waals surface area contributed by atoms with E-state index in [4.69, 9.17) is 0 Å².